The summed E-state index contributed by atoms with van der Waals surface area (Å²) in [6, 6.07) is 17.0. The average molecular weight is 616 g/mol. The molecule has 0 aliphatic carbocycles. The normalized spacial score (nSPS) is 12.0. The first-order valence-electron chi connectivity index (χ1n) is 13.6. The Labute approximate surface area is 253 Å². The van der Waals surface area contributed by atoms with Crippen molar-refractivity contribution in [2.75, 3.05) is 25.1 Å². The molecule has 0 unspecified atom stereocenters. The maximum Gasteiger partial charge on any atom is 0.264 e. The molecule has 42 heavy (non-hydrogen) atoms. The molecule has 3 rings (SSSR count). The van der Waals surface area contributed by atoms with Crippen LogP contribution in [0.5, 0.6) is 11.5 Å². The summed E-state index contributed by atoms with van der Waals surface area (Å²) in [5.41, 5.74) is 1.83. The third kappa shape index (κ3) is 7.95. The summed E-state index contributed by atoms with van der Waals surface area (Å²) >= 11 is 6.07. The van der Waals surface area contributed by atoms with E-state index in [1.165, 1.54) is 37.3 Å². The quantitative estimate of drug-likeness (QED) is 0.284. The molecule has 0 radical (unpaired) electrons. The molecule has 226 valence electrons. The number of ether oxygens (including phenoxy) is 2. The number of sulfonamides is 1. The molecule has 0 spiro atoms. The molecule has 0 fully saturated rings. The zero-order valence-electron chi connectivity index (χ0n) is 24.8. The number of rotatable bonds is 13. The van der Waals surface area contributed by atoms with E-state index in [9.17, 15) is 18.0 Å². The van der Waals surface area contributed by atoms with Gasteiger partial charge in [-0.05, 0) is 69.2 Å². The number of aryl methyl sites for hydroxylation is 1. The first kappa shape index (κ1) is 32.8. The number of carbonyl (C=O) groups is 2. The maximum absolute atomic E-state index is 14.2. The second-order valence-corrected chi connectivity index (χ2v) is 12.4. The minimum absolute atomic E-state index is 0.0181. The summed E-state index contributed by atoms with van der Waals surface area (Å²) in [4.78, 5) is 28.8. The number of hydrogen-bond donors (Lipinski definition) is 1. The number of benzene rings is 3. The predicted molar refractivity (Wildman–Crippen MR) is 165 cm³/mol. The van der Waals surface area contributed by atoms with Gasteiger partial charge in [0.05, 0.1) is 24.8 Å². The van der Waals surface area contributed by atoms with Crippen molar-refractivity contribution in [3.63, 3.8) is 0 Å². The van der Waals surface area contributed by atoms with Gasteiger partial charge < -0.3 is 19.7 Å². The molecule has 3 aromatic carbocycles. The first-order chi connectivity index (χ1) is 19.9. The second kappa shape index (κ2) is 14.4. The molecule has 0 aliphatic rings. The van der Waals surface area contributed by atoms with Gasteiger partial charge in [0.2, 0.25) is 11.8 Å². The van der Waals surface area contributed by atoms with Gasteiger partial charge >= 0.3 is 0 Å². The van der Waals surface area contributed by atoms with Crippen molar-refractivity contribution < 1.29 is 27.5 Å². The van der Waals surface area contributed by atoms with Gasteiger partial charge in [-0.15, -0.1) is 0 Å². The SMILES string of the molecule is CC[C@@H](C(=O)NC(C)C)N(Cc1ccc(Cl)cc1)C(=O)CN(c1ccc(OC)c(OC)c1)S(=O)(=O)c1ccc(C)cc1. The zero-order valence-corrected chi connectivity index (χ0v) is 26.3. The highest BCUT2D eigenvalue weighted by atomic mass is 35.5. The number of amides is 2. The summed E-state index contributed by atoms with van der Waals surface area (Å²) < 4.78 is 39.9. The molecule has 3 aromatic rings. The summed E-state index contributed by atoms with van der Waals surface area (Å²) in [5, 5.41) is 3.41. The summed E-state index contributed by atoms with van der Waals surface area (Å²) in [7, 11) is -1.30. The Bertz CT molecular complexity index is 1480. The zero-order chi connectivity index (χ0) is 31.0. The van der Waals surface area contributed by atoms with Crippen LogP contribution < -0.4 is 19.1 Å². The van der Waals surface area contributed by atoms with E-state index in [0.717, 1.165) is 15.4 Å². The van der Waals surface area contributed by atoms with E-state index in [-0.39, 0.29) is 29.1 Å². The van der Waals surface area contributed by atoms with Crippen LogP contribution in [0, 0.1) is 6.92 Å². The fraction of sp³-hybridized carbons (Fsp3) is 0.355. The number of halogens is 1. The van der Waals surface area contributed by atoms with Crippen molar-refractivity contribution in [2.24, 2.45) is 0 Å². The van der Waals surface area contributed by atoms with E-state index in [1.54, 1.807) is 48.5 Å². The van der Waals surface area contributed by atoms with Gasteiger partial charge in [-0.25, -0.2) is 8.42 Å². The van der Waals surface area contributed by atoms with Crippen LogP contribution >= 0.6 is 11.6 Å². The first-order valence-corrected chi connectivity index (χ1v) is 15.4. The van der Waals surface area contributed by atoms with Crippen molar-refractivity contribution in [1.29, 1.82) is 0 Å². The number of anilines is 1. The van der Waals surface area contributed by atoms with Gasteiger partial charge in [0, 0.05) is 23.7 Å². The minimum atomic E-state index is -4.22. The van der Waals surface area contributed by atoms with Crippen LogP contribution in [0.15, 0.2) is 71.6 Å². The number of carbonyl (C=O) groups excluding carboxylic acids is 2. The number of methoxy groups -OCH3 is 2. The fourth-order valence-electron chi connectivity index (χ4n) is 4.43. The van der Waals surface area contributed by atoms with Crippen molar-refractivity contribution in [2.45, 2.75) is 57.6 Å². The molecule has 0 bridgehead atoms. The van der Waals surface area contributed by atoms with Crippen LogP contribution in [0.1, 0.15) is 38.3 Å². The topological polar surface area (TPSA) is 105 Å². The van der Waals surface area contributed by atoms with Gasteiger partial charge in [-0.1, -0.05) is 48.4 Å². The Morgan fingerprint density at radius 3 is 2.10 bits per heavy atom. The highest BCUT2D eigenvalue weighted by Crippen LogP contribution is 2.34. The third-order valence-electron chi connectivity index (χ3n) is 6.63. The van der Waals surface area contributed by atoms with Gasteiger partial charge in [-0.2, -0.15) is 0 Å². The molecule has 0 saturated heterocycles. The van der Waals surface area contributed by atoms with Crippen molar-refractivity contribution >= 4 is 39.1 Å². The number of nitrogens with zero attached hydrogens (tertiary/aromatic N) is 2. The molecule has 0 aliphatic heterocycles. The molecule has 0 heterocycles. The lowest BCUT2D eigenvalue weighted by Gasteiger charge is -2.33. The van der Waals surface area contributed by atoms with Gasteiger partial charge in [0.1, 0.15) is 12.6 Å². The number of hydrogen-bond acceptors (Lipinski definition) is 6. The summed E-state index contributed by atoms with van der Waals surface area (Å²) in [6.45, 7) is 6.84. The van der Waals surface area contributed by atoms with Crippen molar-refractivity contribution in [3.8, 4) is 11.5 Å². The molecule has 1 atom stereocenters. The van der Waals surface area contributed by atoms with E-state index in [2.05, 4.69) is 5.32 Å². The van der Waals surface area contributed by atoms with Crippen LogP contribution in [0.2, 0.25) is 5.02 Å². The lowest BCUT2D eigenvalue weighted by Crippen LogP contribution is -2.53. The van der Waals surface area contributed by atoms with Crippen molar-refractivity contribution in [1.82, 2.24) is 10.2 Å². The lowest BCUT2D eigenvalue weighted by molar-refractivity contribution is -0.140. The molecule has 1 N–H and O–H groups in total. The molecule has 0 saturated carbocycles. The van der Waals surface area contributed by atoms with E-state index >= 15 is 0 Å². The second-order valence-electron chi connectivity index (χ2n) is 10.1. The molecule has 11 heteroatoms. The van der Waals surface area contributed by atoms with Crippen LogP contribution in [0.25, 0.3) is 0 Å². The molecule has 0 aromatic heterocycles. The van der Waals surface area contributed by atoms with Gasteiger partial charge in [0.25, 0.3) is 10.0 Å². The Morgan fingerprint density at radius 2 is 1.55 bits per heavy atom. The van der Waals surface area contributed by atoms with Gasteiger partial charge in [0.15, 0.2) is 11.5 Å². The average Bonchev–Trinajstić information content (AvgIpc) is 2.96. The van der Waals surface area contributed by atoms with Crippen LogP contribution in [0.4, 0.5) is 5.69 Å². The lowest BCUT2D eigenvalue weighted by atomic mass is 10.1. The number of nitrogens with one attached hydrogen (secondary N) is 1. The molecule has 9 nitrogen and oxygen atoms in total. The summed E-state index contributed by atoms with van der Waals surface area (Å²) in [5.74, 6) is -0.177. The van der Waals surface area contributed by atoms with E-state index < -0.39 is 28.5 Å². The van der Waals surface area contributed by atoms with Crippen molar-refractivity contribution in [3.05, 3.63) is 82.9 Å². The maximum atomic E-state index is 14.2. The largest absolute Gasteiger partial charge is 0.493 e. The molecular formula is C31H38ClN3O6S. The minimum Gasteiger partial charge on any atom is -0.493 e. The predicted octanol–water partition coefficient (Wildman–Crippen LogP) is 5.19. The molecular weight excluding hydrogens is 578 g/mol. The highest BCUT2D eigenvalue weighted by molar-refractivity contribution is 7.92. The van der Waals surface area contributed by atoms with E-state index in [1.807, 2.05) is 27.7 Å². The molecule has 2 amide bonds. The standard InChI is InChI=1S/C31H38ClN3O6S/c1-7-27(31(37)33-21(2)3)34(19-23-10-12-24(32)13-11-23)30(36)20-35(25-14-17-28(40-5)29(18-25)41-6)42(38,39)26-15-8-22(4)9-16-26/h8-18,21,27H,7,19-20H2,1-6H3,(H,33,37)/t27-/m0/s1. The monoisotopic (exact) mass is 615 g/mol. The summed E-state index contributed by atoms with van der Waals surface area (Å²) in [6.07, 6.45) is 0.318. The van der Waals surface area contributed by atoms with E-state index in [4.69, 9.17) is 21.1 Å². The highest BCUT2D eigenvalue weighted by Gasteiger charge is 2.34. The fourth-order valence-corrected chi connectivity index (χ4v) is 5.96. The Morgan fingerprint density at radius 1 is 0.929 bits per heavy atom. The smallest absolute Gasteiger partial charge is 0.264 e. The van der Waals surface area contributed by atoms with Crippen LogP contribution in [-0.2, 0) is 26.2 Å². The Kier molecular flexibility index (Phi) is 11.2. The van der Waals surface area contributed by atoms with Crippen LogP contribution in [0.3, 0.4) is 0 Å². The van der Waals surface area contributed by atoms with Gasteiger partial charge in [-0.3, -0.25) is 13.9 Å². The third-order valence-corrected chi connectivity index (χ3v) is 8.67. The Hall–Kier alpha value is -3.76. The van der Waals surface area contributed by atoms with E-state index in [0.29, 0.717) is 22.9 Å². The Balaban J connectivity index is 2.12. The van der Waals surface area contributed by atoms with Crippen LogP contribution in [-0.4, -0.2) is 58.0 Å².